The molecular weight excluding hydrogens is 351 g/mol. The van der Waals surface area contributed by atoms with Crippen molar-refractivity contribution in [2.45, 2.75) is 4.90 Å². The van der Waals surface area contributed by atoms with Gasteiger partial charge in [-0.1, -0.05) is 36.4 Å². The number of hydrogen-bond donors (Lipinski definition) is 2. The molecule has 3 aromatic carbocycles. The minimum Gasteiger partial charge on any atom is -0.354 e. The number of sulfonamides is 1. The minimum atomic E-state index is -3.77. The smallest absolute Gasteiger partial charge is 0.261 e. The first-order valence-electron chi connectivity index (χ1n) is 7.98. The Morgan fingerprint density at radius 3 is 2.31 bits per heavy atom. The molecule has 4 rings (SSSR count). The first-order valence-corrected chi connectivity index (χ1v) is 9.46. The molecule has 0 saturated heterocycles. The van der Waals surface area contributed by atoms with Crippen LogP contribution in [0, 0.1) is 5.82 Å². The molecule has 0 spiro atoms. The Kier molecular flexibility index (Phi) is 3.97. The lowest BCUT2D eigenvalue weighted by Gasteiger charge is -2.08. The van der Waals surface area contributed by atoms with E-state index in [1.165, 1.54) is 12.1 Å². The molecule has 0 aliphatic rings. The van der Waals surface area contributed by atoms with Crippen molar-refractivity contribution in [2.75, 3.05) is 4.72 Å². The number of anilines is 1. The predicted molar refractivity (Wildman–Crippen MR) is 101 cm³/mol. The maximum absolute atomic E-state index is 13.0. The summed E-state index contributed by atoms with van der Waals surface area (Å²) < 4.78 is 40.4. The molecule has 4 nitrogen and oxygen atoms in total. The lowest BCUT2D eigenvalue weighted by molar-refractivity contribution is 0.599. The van der Waals surface area contributed by atoms with E-state index in [-0.39, 0.29) is 4.90 Å². The van der Waals surface area contributed by atoms with E-state index in [0.29, 0.717) is 5.69 Å². The lowest BCUT2D eigenvalue weighted by Crippen LogP contribution is -2.12. The van der Waals surface area contributed by atoms with E-state index in [1.807, 2.05) is 42.5 Å². The quantitative estimate of drug-likeness (QED) is 0.546. The number of fused-ring (bicyclic) bond motifs is 1. The molecule has 6 heteroatoms. The monoisotopic (exact) mass is 366 g/mol. The Morgan fingerprint density at radius 1 is 0.846 bits per heavy atom. The van der Waals surface area contributed by atoms with Crippen LogP contribution in [-0.4, -0.2) is 13.4 Å². The van der Waals surface area contributed by atoms with Gasteiger partial charge in [-0.2, -0.15) is 0 Å². The van der Waals surface area contributed by atoms with Crippen LogP contribution < -0.4 is 4.72 Å². The van der Waals surface area contributed by atoms with Crippen molar-refractivity contribution >= 4 is 26.6 Å². The molecule has 0 fully saturated rings. The van der Waals surface area contributed by atoms with Crippen molar-refractivity contribution in [2.24, 2.45) is 0 Å². The first kappa shape index (κ1) is 16.4. The van der Waals surface area contributed by atoms with Crippen molar-refractivity contribution in [3.63, 3.8) is 0 Å². The van der Waals surface area contributed by atoms with E-state index in [0.717, 1.165) is 34.3 Å². The molecule has 2 N–H and O–H groups in total. The molecule has 26 heavy (non-hydrogen) atoms. The number of rotatable bonds is 4. The maximum Gasteiger partial charge on any atom is 0.261 e. The summed E-state index contributed by atoms with van der Waals surface area (Å²) in [6.45, 7) is 0. The molecule has 0 unspecified atom stereocenters. The van der Waals surface area contributed by atoms with Gasteiger partial charge in [-0.15, -0.1) is 0 Å². The number of H-pyrrole nitrogens is 1. The van der Waals surface area contributed by atoms with Crippen LogP contribution in [0.5, 0.6) is 0 Å². The van der Waals surface area contributed by atoms with Crippen LogP contribution in [0.15, 0.2) is 83.8 Å². The lowest BCUT2D eigenvalue weighted by atomic mass is 10.1. The van der Waals surface area contributed by atoms with Crippen LogP contribution in [0.2, 0.25) is 0 Å². The van der Waals surface area contributed by atoms with Crippen LogP contribution in [0.4, 0.5) is 10.1 Å². The van der Waals surface area contributed by atoms with E-state index in [9.17, 15) is 12.8 Å². The Hall–Kier alpha value is -3.12. The molecule has 0 radical (unpaired) electrons. The van der Waals surface area contributed by atoms with Gasteiger partial charge in [0, 0.05) is 16.6 Å². The molecule has 4 aromatic rings. The Balaban J connectivity index is 1.66. The fourth-order valence-corrected chi connectivity index (χ4v) is 3.84. The van der Waals surface area contributed by atoms with Gasteiger partial charge in [-0.3, -0.25) is 4.72 Å². The van der Waals surface area contributed by atoms with Gasteiger partial charge in [0.05, 0.1) is 10.6 Å². The second kappa shape index (κ2) is 6.31. The molecule has 0 bridgehead atoms. The van der Waals surface area contributed by atoms with Crippen molar-refractivity contribution in [3.8, 4) is 11.3 Å². The minimum absolute atomic E-state index is 0.00968. The van der Waals surface area contributed by atoms with Crippen molar-refractivity contribution in [3.05, 3.63) is 84.7 Å². The fraction of sp³-hybridized carbons (Fsp3) is 0. The highest BCUT2D eigenvalue weighted by molar-refractivity contribution is 7.92. The topological polar surface area (TPSA) is 62.0 Å². The average Bonchev–Trinajstić information content (AvgIpc) is 3.06. The number of benzene rings is 3. The third-order valence-electron chi connectivity index (χ3n) is 4.08. The zero-order valence-electron chi connectivity index (χ0n) is 13.6. The summed E-state index contributed by atoms with van der Waals surface area (Å²) in [7, 11) is -3.77. The molecule has 0 saturated carbocycles. The van der Waals surface area contributed by atoms with Crippen molar-refractivity contribution < 1.29 is 12.8 Å². The number of aromatic amines is 1. The maximum atomic E-state index is 13.0. The summed E-state index contributed by atoms with van der Waals surface area (Å²) in [5.41, 5.74) is 3.27. The van der Waals surface area contributed by atoms with Gasteiger partial charge in [0.25, 0.3) is 10.0 Å². The Morgan fingerprint density at radius 2 is 1.58 bits per heavy atom. The zero-order valence-corrected chi connectivity index (χ0v) is 14.4. The zero-order chi connectivity index (χ0) is 18.1. The van der Waals surface area contributed by atoms with E-state index >= 15 is 0 Å². The van der Waals surface area contributed by atoms with Crippen molar-refractivity contribution in [1.82, 2.24) is 4.98 Å². The second-order valence-corrected chi connectivity index (χ2v) is 7.59. The van der Waals surface area contributed by atoms with Crippen LogP contribution in [0.1, 0.15) is 0 Å². The van der Waals surface area contributed by atoms with Crippen molar-refractivity contribution in [1.29, 1.82) is 0 Å². The molecule has 130 valence electrons. The van der Waals surface area contributed by atoms with Crippen LogP contribution in [-0.2, 0) is 10.0 Å². The van der Waals surface area contributed by atoms with Gasteiger partial charge in [-0.05, 0) is 48.0 Å². The molecule has 1 aromatic heterocycles. The summed E-state index contributed by atoms with van der Waals surface area (Å²) in [6.07, 6.45) is 0. The van der Waals surface area contributed by atoms with Gasteiger partial charge < -0.3 is 4.98 Å². The highest BCUT2D eigenvalue weighted by Gasteiger charge is 2.14. The van der Waals surface area contributed by atoms with Crippen LogP contribution in [0.3, 0.4) is 0 Å². The standard InChI is InChI=1S/C20H15FN2O2S/c21-16-7-10-18(11-8-16)26(24,25)23-17-9-6-15-12-19(22-20(15)13-17)14-4-2-1-3-5-14/h1-13,22-23H. The third kappa shape index (κ3) is 3.19. The highest BCUT2D eigenvalue weighted by atomic mass is 32.2. The molecule has 1 heterocycles. The molecular formula is C20H15FN2O2S. The average molecular weight is 366 g/mol. The van der Waals surface area contributed by atoms with Gasteiger partial charge in [0.1, 0.15) is 5.82 Å². The van der Waals surface area contributed by atoms with Gasteiger partial charge >= 0.3 is 0 Å². The van der Waals surface area contributed by atoms with Crippen LogP contribution >= 0.6 is 0 Å². The Labute approximate surface area is 150 Å². The number of halogens is 1. The van der Waals surface area contributed by atoms with Crippen LogP contribution in [0.25, 0.3) is 22.2 Å². The fourth-order valence-electron chi connectivity index (χ4n) is 2.79. The predicted octanol–water partition coefficient (Wildman–Crippen LogP) is 4.77. The molecule has 0 aliphatic carbocycles. The summed E-state index contributed by atoms with van der Waals surface area (Å²) in [6, 6.07) is 21.9. The summed E-state index contributed by atoms with van der Waals surface area (Å²) in [5.74, 6) is -0.481. The van der Waals surface area contributed by atoms with E-state index in [2.05, 4.69) is 9.71 Å². The van der Waals surface area contributed by atoms with E-state index in [1.54, 1.807) is 12.1 Å². The van der Waals surface area contributed by atoms with Gasteiger partial charge in [0.15, 0.2) is 0 Å². The number of nitrogens with one attached hydrogen (secondary N) is 2. The summed E-state index contributed by atoms with van der Waals surface area (Å²) in [4.78, 5) is 3.31. The van der Waals surface area contributed by atoms with Gasteiger partial charge in [0.2, 0.25) is 0 Å². The summed E-state index contributed by atoms with van der Waals surface area (Å²) >= 11 is 0. The molecule has 0 atom stereocenters. The van der Waals surface area contributed by atoms with E-state index < -0.39 is 15.8 Å². The molecule has 0 aliphatic heterocycles. The summed E-state index contributed by atoms with van der Waals surface area (Å²) in [5, 5.41) is 0.980. The number of aromatic nitrogens is 1. The van der Waals surface area contributed by atoms with Gasteiger partial charge in [-0.25, -0.2) is 12.8 Å². The molecule has 0 amide bonds. The largest absolute Gasteiger partial charge is 0.354 e. The SMILES string of the molecule is O=S(=O)(Nc1ccc2cc(-c3ccccc3)[nH]c2c1)c1ccc(F)cc1. The Bertz CT molecular complexity index is 1170. The highest BCUT2D eigenvalue weighted by Crippen LogP contribution is 2.27. The number of hydrogen-bond acceptors (Lipinski definition) is 2. The first-order chi connectivity index (χ1) is 12.5. The second-order valence-electron chi connectivity index (χ2n) is 5.91. The van der Waals surface area contributed by atoms with E-state index in [4.69, 9.17) is 0 Å². The third-order valence-corrected chi connectivity index (χ3v) is 5.48. The normalized spacial score (nSPS) is 11.6.